The second kappa shape index (κ2) is 6.49. The van der Waals surface area contributed by atoms with Gasteiger partial charge in [0.15, 0.2) is 0 Å². The number of nitrogens with one attached hydrogen (secondary N) is 1. The van der Waals surface area contributed by atoms with E-state index in [1.54, 1.807) is 19.1 Å². The maximum atomic E-state index is 12.3. The molecule has 108 valence electrons. The van der Waals surface area contributed by atoms with Gasteiger partial charge in [0, 0.05) is 28.7 Å². The van der Waals surface area contributed by atoms with Gasteiger partial charge in [0.05, 0.1) is 4.92 Å². The average molecular weight is 349 g/mol. The quantitative estimate of drug-likeness (QED) is 0.514. The second-order valence-electron chi connectivity index (χ2n) is 4.54. The lowest BCUT2D eigenvalue weighted by atomic mass is 10.1. The Morgan fingerprint density at radius 2 is 2.05 bits per heavy atom. The molecule has 0 atom stereocenters. The smallest absolute Gasteiger partial charge is 0.270 e. The van der Waals surface area contributed by atoms with E-state index in [9.17, 15) is 14.9 Å². The van der Waals surface area contributed by atoms with E-state index < -0.39 is 4.92 Å². The van der Waals surface area contributed by atoms with E-state index in [4.69, 9.17) is 0 Å². The van der Waals surface area contributed by atoms with E-state index in [0.717, 1.165) is 5.56 Å². The van der Waals surface area contributed by atoms with E-state index in [0.29, 0.717) is 22.1 Å². The van der Waals surface area contributed by atoms with Gasteiger partial charge in [-0.05, 0) is 30.2 Å². The highest BCUT2D eigenvalue weighted by molar-refractivity contribution is 9.08. The molecule has 0 radical (unpaired) electrons. The van der Waals surface area contributed by atoms with Crippen molar-refractivity contribution >= 4 is 33.2 Å². The standard InChI is InChI=1S/C15H13BrN2O3/c1-10-5-6-13(18(20)21)8-14(10)15(19)17-12-4-2-3-11(7-12)9-16/h2-8H,9H2,1H3,(H,17,19). The van der Waals surface area contributed by atoms with Crippen LogP contribution in [-0.2, 0) is 5.33 Å². The molecule has 5 nitrogen and oxygen atoms in total. The topological polar surface area (TPSA) is 72.2 Å². The van der Waals surface area contributed by atoms with E-state index in [1.165, 1.54) is 12.1 Å². The summed E-state index contributed by atoms with van der Waals surface area (Å²) < 4.78 is 0. The Labute approximate surface area is 130 Å². The third-order valence-electron chi connectivity index (χ3n) is 3.02. The molecule has 0 aromatic heterocycles. The summed E-state index contributed by atoms with van der Waals surface area (Å²) in [6.45, 7) is 1.74. The van der Waals surface area contributed by atoms with Gasteiger partial charge in [-0.25, -0.2) is 0 Å². The number of alkyl halides is 1. The normalized spacial score (nSPS) is 10.2. The lowest BCUT2D eigenvalue weighted by molar-refractivity contribution is -0.384. The zero-order valence-corrected chi connectivity index (χ0v) is 12.9. The van der Waals surface area contributed by atoms with E-state index in [-0.39, 0.29) is 11.6 Å². The summed E-state index contributed by atoms with van der Waals surface area (Å²) in [5.74, 6) is -0.358. The van der Waals surface area contributed by atoms with Crippen molar-refractivity contribution in [2.24, 2.45) is 0 Å². The third-order valence-corrected chi connectivity index (χ3v) is 3.66. The molecule has 0 fully saturated rings. The summed E-state index contributed by atoms with van der Waals surface area (Å²) in [6.07, 6.45) is 0. The van der Waals surface area contributed by atoms with Gasteiger partial charge in [0.1, 0.15) is 0 Å². The van der Waals surface area contributed by atoms with Crippen LogP contribution in [0.5, 0.6) is 0 Å². The molecule has 0 bridgehead atoms. The number of rotatable bonds is 4. The van der Waals surface area contributed by atoms with E-state index in [1.807, 2.05) is 18.2 Å². The first-order chi connectivity index (χ1) is 10.0. The molecule has 2 rings (SSSR count). The lowest BCUT2D eigenvalue weighted by Gasteiger charge is -2.08. The van der Waals surface area contributed by atoms with Crippen LogP contribution in [0.25, 0.3) is 0 Å². The maximum Gasteiger partial charge on any atom is 0.270 e. The first-order valence-electron chi connectivity index (χ1n) is 6.22. The highest BCUT2D eigenvalue weighted by Gasteiger charge is 2.14. The Bertz CT molecular complexity index is 701. The molecule has 0 heterocycles. The molecular weight excluding hydrogens is 336 g/mol. The number of halogens is 1. The number of carbonyl (C=O) groups is 1. The SMILES string of the molecule is Cc1ccc([N+](=O)[O-])cc1C(=O)Nc1cccc(CBr)c1. The van der Waals surface area contributed by atoms with Crippen molar-refractivity contribution in [1.82, 2.24) is 0 Å². The van der Waals surface area contributed by atoms with Gasteiger partial charge >= 0.3 is 0 Å². The predicted octanol–water partition coefficient (Wildman–Crippen LogP) is 4.05. The minimum absolute atomic E-state index is 0.0973. The molecule has 2 aromatic carbocycles. The van der Waals surface area contributed by atoms with Crippen molar-refractivity contribution in [3.63, 3.8) is 0 Å². The fourth-order valence-corrected chi connectivity index (χ4v) is 2.25. The molecule has 21 heavy (non-hydrogen) atoms. The Hall–Kier alpha value is -2.21. The predicted molar refractivity (Wildman–Crippen MR) is 84.9 cm³/mol. The number of nitrogens with zero attached hydrogens (tertiary/aromatic N) is 1. The molecule has 1 N–H and O–H groups in total. The Morgan fingerprint density at radius 3 is 2.71 bits per heavy atom. The zero-order valence-electron chi connectivity index (χ0n) is 11.3. The molecule has 1 amide bonds. The largest absolute Gasteiger partial charge is 0.322 e. The van der Waals surface area contributed by atoms with Gasteiger partial charge < -0.3 is 5.32 Å². The molecule has 2 aromatic rings. The molecule has 0 saturated carbocycles. The van der Waals surface area contributed by atoms with Gasteiger partial charge in [-0.15, -0.1) is 0 Å². The third kappa shape index (κ3) is 3.66. The number of non-ortho nitro benzene ring substituents is 1. The molecule has 0 spiro atoms. The zero-order chi connectivity index (χ0) is 15.4. The van der Waals surface area contributed by atoms with Crippen LogP contribution >= 0.6 is 15.9 Å². The monoisotopic (exact) mass is 348 g/mol. The van der Waals surface area contributed by atoms with Crippen LogP contribution in [0.15, 0.2) is 42.5 Å². The van der Waals surface area contributed by atoms with Gasteiger partial charge in [-0.2, -0.15) is 0 Å². The summed E-state index contributed by atoms with van der Waals surface area (Å²) in [5.41, 5.74) is 2.58. The molecule has 0 aliphatic heterocycles. The molecular formula is C15H13BrN2O3. The number of amides is 1. The van der Waals surface area contributed by atoms with Crippen LogP contribution in [0.3, 0.4) is 0 Å². The molecule has 0 aliphatic carbocycles. The molecule has 0 unspecified atom stereocenters. The minimum atomic E-state index is -0.512. The van der Waals surface area contributed by atoms with Crippen LogP contribution in [0.4, 0.5) is 11.4 Å². The number of hydrogen-bond acceptors (Lipinski definition) is 3. The van der Waals surface area contributed by atoms with Crippen molar-refractivity contribution in [3.8, 4) is 0 Å². The Kier molecular flexibility index (Phi) is 4.70. The summed E-state index contributed by atoms with van der Waals surface area (Å²) in [5, 5.41) is 14.2. The number of benzene rings is 2. The fraction of sp³-hybridized carbons (Fsp3) is 0.133. The summed E-state index contributed by atoms with van der Waals surface area (Å²) in [7, 11) is 0. The van der Waals surface area contributed by atoms with Gasteiger partial charge in [-0.1, -0.05) is 34.1 Å². The number of hydrogen-bond donors (Lipinski definition) is 1. The van der Waals surface area contributed by atoms with Crippen molar-refractivity contribution in [2.45, 2.75) is 12.3 Å². The number of nitro groups is 1. The van der Waals surface area contributed by atoms with Gasteiger partial charge in [-0.3, -0.25) is 14.9 Å². The number of carbonyl (C=O) groups excluding carboxylic acids is 1. The van der Waals surface area contributed by atoms with Crippen LogP contribution in [-0.4, -0.2) is 10.8 Å². The maximum absolute atomic E-state index is 12.3. The minimum Gasteiger partial charge on any atom is -0.322 e. The van der Waals surface area contributed by atoms with Crippen LogP contribution in [0.2, 0.25) is 0 Å². The lowest BCUT2D eigenvalue weighted by Crippen LogP contribution is -2.13. The number of anilines is 1. The molecule has 6 heteroatoms. The second-order valence-corrected chi connectivity index (χ2v) is 5.11. The van der Waals surface area contributed by atoms with E-state index in [2.05, 4.69) is 21.2 Å². The average Bonchev–Trinajstić information content (AvgIpc) is 2.47. The van der Waals surface area contributed by atoms with Gasteiger partial charge in [0.2, 0.25) is 0 Å². The fourth-order valence-electron chi connectivity index (χ4n) is 1.90. The summed E-state index contributed by atoms with van der Waals surface area (Å²) in [6, 6.07) is 11.6. The number of nitro benzene ring substituents is 1. The van der Waals surface area contributed by atoms with Crippen molar-refractivity contribution < 1.29 is 9.72 Å². The summed E-state index contributed by atoms with van der Waals surface area (Å²) >= 11 is 3.35. The van der Waals surface area contributed by atoms with Crippen LogP contribution in [0.1, 0.15) is 21.5 Å². The van der Waals surface area contributed by atoms with Gasteiger partial charge in [0.25, 0.3) is 11.6 Å². The Balaban J connectivity index is 2.27. The van der Waals surface area contributed by atoms with E-state index >= 15 is 0 Å². The molecule has 0 saturated heterocycles. The van der Waals surface area contributed by atoms with Crippen LogP contribution < -0.4 is 5.32 Å². The van der Waals surface area contributed by atoms with Crippen molar-refractivity contribution in [2.75, 3.05) is 5.32 Å². The highest BCUT2D eigenvalue weighted by atomic mass is 79.9. The van der Waals surface area contributed by atoms with Crippen molar-refractivity contribution in [1.29, 1.82) is 0 Å². The molecule has 0 aliphatic rings. The highest BCUT2D eigenvalue weighted by Crippen LogP contribution is 2.19. The first-order valence-corrected chi connectivity index (χ1v) is 7.34. The summed E-state index contributed by atoms with van der Waals surface area (Å²) in [4.78, 5) is 22.5. The van der Waals surface area contributed by atoms with Crippen LogP contribution in [0, 0.1) is 17.0 Å². The van der Waals surface area contributed by atoms with Crippen molar-refractivity contribution in [3.05, 3.63) is 69.3 Å². The number of aryl methyl sites for hydroxylation is 1. The Morgan fingerprint density at radius 1 is 1.29 bits per heavy atom. The first kappa shape index (κ1) is 15.2.